The summed E-state index contributed by atoms with van der Waals surface area (Å²) in [6.45, 7) is 3.97. The van der Waals surface area contributed by atoms with Crippen molar-refractivity contribution < 1.29 is 19.4 Å². The molecular formula is C10H20N2O4. The SMILES string of the molecule is CCC(C)[C@H](N)C(=O)NCCOCC(=O)O. The van der Waals surface area contributed by atoms with Gasteiger partial charge < -0.3 is 20.9 Å². The van der Waals surface area contributed by atoms with Crippen LogP contribution >= 0.6 is 0 Å². The zero-order valence-electron chi connectivity index (χ0n) is 9.73. The van der Waals surface area contributed by atoms with Crippen molar-refractivity contribution in [3.8, 4) is 0 Å². The van der Waals surface area contributed by atoms with Gasteiger partial charge in [-0.25, -0.2) is 4.79 Å². The van der Waals surface area contributed by atoms with E-state index in [0.29, 0.717) is 0 Å². The predicted molar refractivity (Wildman–Crippen MR) is 58.9 cm³/mol. The zero-order chi connectivity index (χ0) is 12.6. The van der Waals surface area contributed by atoms with Crippen LogP contribution in [0.2, 0.25) is 0 Å². The van der Waals surface area contributed by atoms with E-state index in [1.807, 2.05) is 13.8 Å². The van der Waals surface area contributed by atoms with Crippen molar-refractivity contribution in [3.63, 3.8) is 0 Å². The van der Waals surface area contributed by atoms with Crippen molar-refractivity contribution in [1.29, 1.82) is 0 Å². The van der Waals surface area contributed by atoms with Crippen LogP contribution in [0.25, 0.3) is 0 Å². The van der Waals surface area contributed by atoms with Gasteiger partial charge in [0.25, 0.3) is 0 Å². The molecule has 16 heavy (non-hydrogen) atoms. The molecule has 0 aliphatic carbocycles. The molecule has 0 spiro atoms. The summed E-state index contributed by atoms with van der Waals surface area (Å²) in [5.41, 5.74) is 5.69. The summed E-state index contributed by atoms with van der Waals surface area (Å²) in [7, 11) is 0. The first-order chi connectivity index (χ1) is 7.49. The van der Waals surface area contributed by atoms with E-state index >= 15 is 0 Å². The Labute approximate surface area is 95.1 Å². The number of nitrogens with two attached hydrogens (primary N) is 1. The van der Waals surface area contributed by atoms with E-state index in [0.717, 1.165) is 6.42 Å². The Morgan fingerprint density at radius 3 is 2.62 bits per heavy atom. The number of aliphatic carboxylic acids is 1. The Bertz CT molecular complexity index is 233. The van der Waals surface area contributed by atoms with Gasteiger partial charge in [-0.05, 0) is 5.92 Å². The number of ether oxygens (including phenoxy) is 1. The minimum absolute atomic E-state index is 0.125. The lowest BCUT2D eigenvalue weighted by atomic mass is 9.99. The van der Waals surface area contributed by atoms with Gasteiger partial charge in [-0.3, -0.25) is 4.79 Å². The second-order valence-corrected chi connectivity index (χ2v) is 3.65. The second-order valence-electron chi connectivity index (χ2n) is 3.65. The monoisotopic (exact) mass is 232 g/mol. The van der Waals surface area contributed by atoms with Crippen LogP contribution in [-0.2, 0) is 14.3 Å². The third-order valence-electron chi connectivity index (χ3n) is 2.33. The van der Waals surface area contributed by atoms with Crippen molar-refractivity contribution in [2.45, 2.75) is 26.3 Å². The molecule has 0 aromatic carbocycles. The molecule has 6 nitrogen and oxygen atoms in total. The Kier molecular flexibility index (Phi) is 7.49. The third-order valence-corrected chi connectivity index (χ3v) is 2.33. The van der Waals surface area contributed by atoms with Crippen molar-refractivity contribution in [2.75, 3.05) is 19.8 Å². The number of carbonyl (C=O) groups excluding carboxylic acids is 1. The van der Waals surface area contributed by atoms with E-state index in [9.17, 15) is 9.59 Å². The van der Waals surface area contributed by atoms with Gasteiger partial charge in [-0.1, -0.05) is 20.3 Å². The van der Waals surface area contributed by atoms with E-state index in [1.165, 1.54) is 0 Å². The van der Waals surface area contributed by atoms with Crippen LogP contribution in [0.5, 0.6) is 0 Å². The third kappa shape index (κ3) is 6.36. The maximum absolute atomic E-state index is 11.4. The molecular weight excluding hydrogens is 212 g/mol. The molecule has 0 saturated heterocycles. The molecule has 6 heteroatoms. The van der Waals surface area contributed by atoms with Gasteiger partial charge >= 0.3 is 5.97 Å². The number of rotatable bonds is 8. The van der Waals surface area contributed by atoms with Gasteiger partial charge in [0.15, 0.2) is 0 Å². The maximum atomic E-state index is 11.4. The summed E-state index contributed by atoms with van der Waals surface area (Å²) in [5.74, 6) is -1.13. The van der Waals surface area contributed by atoms with Crippen LogP contribution in [0.1, 0.15) is 20.3 Å². The highest BCUT2D eigenvalue weighted by atomic mass is 16.5. The highest BCUT2D eigenvalue weighted by molar-refractivity contribution is 5.81. The van der Waals surface area contributed by atoms with Crippen LogP contribution in [-0.4, -0.2) is 42.8 Å². The number of hydrogen-bond acceptors (Lipinski definition) is 4. The highest BCUT2D eigenvalue weighted by Crippen LogP contribution is 2.04. The highest BCUT2D eigenvalue weighted by Gasteiger charge is 2.18. The fourth-order valence-corrected chi connectivity index (χ4v) is 1.04. The summed E-state index contributed by atoms with van der Waals surface area (Å²) in [6.07, 6.45) is 0.837. The Balaban J connectivity index is 3.61. The normalized spacial score (nSPS) is 14.2. The van der Waals surface area contributed by atoms with Crippen LogP contribution in [0.3, 0.4) is 0 Å². The molecule has 0 fully saturated rings. The Morgan fingerprint density at radius 2 is 2.12 bits per heavy atom. The molecule has 0 saturated carbocycles. The minimum atomic E-state index is -1.03. The van der Waals surface area contributed by atoms with Gasteiger partial charge in [0.05, 0.1) is 12.6 Å². The number of hydrogen-bond donors (Lipinski definition) is 3. The van der Waals surface area contributed by atoms with Crippen molar-refractivity contribution in [2.24, 2.45) is 11.7 Å². The molecule has 4 N–H and O–H groups in total. The lowest BCUT2D eigenvalue weighted by molar-refractivity contribution is -0.142. The van der Waals surface area contributed by atoms with Crippen LogP contribution in [0.15, 0.2) is 0 Å². The molecule has 2 atom stereocenters. The molecule has 0 aromatic rings. The Hall–Kier alpha value is -1.14. The lowest BCUT2D eigenvalue weighted by Gasteiger charge is -2.17. The van der Waals surface area contributed by atoms with Crippen LogP contribution in [0, 0.1) is 5.92 Å². The molecule has 94 valence electrons. The number of carbonyl (C=O) groups is 2. The molecule has 0 heterocycles. The molecule has 1 amide bonds. The van der Waals surface area contributed by atoms with Crippen molar-refractivity contribution >= 4 is 11.9 Å². The van der Waals surface area contributed by atoms with Gasteiger partial charge in [0.2, 0.25) is 5.91 Å². The molecule has 0 aromatic heterocycles. The summed E-state index contributed by atoms with van der Waals surface area (Å²) in [6, 6.07) is -0.524. The van der Waals surface area contributed by atoms with E-state index < -0.39 is 12.0 Å². The average molecular weight is 232 g/mol. The first-order valence-corrected chi connectivity index (χ1v) is 5.31. The molecule has 0 radical (unpaired) electrons. The quantitative estimate of drug-likeness (QED) is 0.493. The minimum Gasteiger partial charge on any atom is -0.480 e. The second kappa shape index (κ2) is 8.06. The van der Waals surface area contributed by atoms with E-state index in [4.69, 9.17) is 15.6 Å². The summed E-state index contributed by atoms with van der Waals surface area (Å²) >= 11 is 0. The first kappa shape index (κ1) is 14.9. The Morgan fingerprint density at radius 1 is 1.50 bits per heavy atom. The summed E-state index contributed by atoms with van der Waals surface area (Å²) < 4.78 is 4.76. The smallest absolute Gasteiger partial charge is 0.329 e. The van der Waals surface area contributed by atoms with E-state index in [-0.39, 0.29) is 31.6 Å². The lowest BCUT2D eigenvalue weighted by Crippen LogP contribution is -2.45. The predicted octanol–water partition coefficient (Wildman–Crippen LogP) is -0.423. The number of nitrogens with one attached hydrogen (secondary N) is 1. The van der Waals surface area contributed by atoms with Gasteiger partial charge in [0.1, 0.15) is 6.61 Å². The van der Waals surface area contributed by atoms with Crippen LogP contribution in [0.4, 0.5) is 0 Å². The molecule has 1 unspecified atom stereocenters. The van der Waals surface area contributed by atoms with Crippen molar-refractivity contribution in [3.05, 3.63) is 0 Å². The van der Waals surface area contributed by atoms with Crippen molar-refractivity contribution in [1.82, 2.24) is 5.32 Å². The molecule has 0 aliphatic rings. The molecule has 0 aliphatic heterocycles. The maximum Gasteiger partial charge on any atom is 0.329 e. The standard InChI is InChI=1S/C10H20N2O4/c1-3-7(2)9(11)10(15)12-4-5-16-6-8(13)14/h7,9H,3-6,11H2,1-2H3,(H,12,15)(H,13,14)/t7?,9-/m0/s1. The first-order valence-electron chi connectivity index (χ1n) is 5.31. The van der Waals surface area contributed by atoms with Gasteiger partial charge in [-0.15, -0.1) is 0 Å². The largest absolute Gasteiger partial charge is 0.480 e. The van der Waals surface area contributed by atoms with Gasteiger partial charge in [-0.2, -0.15) is 0 Å². The summed E-state index contributed by atoms with van der Waals surface area (Å²) in [4.78, 5) is 21.5. The number of carboxylic acid groups (broad SMARTS) is 1. The van der Waals surface area contributed by atoms with Crippen LogP contribution < -0.4 is 11.1 Å². The fraction of sp³-hybridized carbons (Fsp3) is 0.800. The fourth-order valence-electron chi connectivity index (χ4n) is 1.04. The molecule has 0 rings (SSSR count). The number of amides is 1. The topological polar surface area (TPSA) is 102 Å². The molecule has 0 bridgehead atoms. The number of carboxylic acids is 1. The zero-order valence-corrected chi connectivity index (χ0v) is 9.73. The summed E-state index contributed by atoms with van der Waals surface area (Å²) in [5, 5.41) is 10.9. The van der Waals surface area contributed by atoms with E-state index in [1.54, 1.807) is 0 Å². The average Bonchev–Trinajstić information content (AvgIpc) is 2.25. The van der Waals surface area contributed by atoms with Gasteiger partial charge in [0, 0.05) is 6.54 Å². The van der Waals surface area contributed by atoms with E-state index in [2.05, 4.69) is 5.32 Å².